The summed E-state index contributed by atoms with van der Waals surface area (Å²) >= 11 is 0. The van der Waals surface area contributed by atoms with Crippen LogP contribution in [0.15, 0.2) is 0 Å². The van der Waals surface area contributed by atoms with Gasteiger partial charge in [0.25, 0.3) is 0 Å². The van der Waals surface area contributed by atoms with Gasteiger partial charge in [-0.3, -0.25) is 9.59 Å². The maximum atomic E-state index is 12.3. The van der Waals surface area contributed by atoms with E-state index in [0.29, 0.717) is 13.2 Å². The number of aliphatic carboxylic acids is 1. The molecule has 1 saturated carbocycles. The van der Waals surface area contributed by atoms with E-state index in [0.717, 1.165) is 25.7 Å². The highest BCUT2D eigenvalue weighted by Gasteiger charge is 2.26. The Balaban J connectivity index is 2.57. The van der Waals surface area contributed by atoms with Crippen LogP contribution in [0.4, 0.5) is 0 Å². The molecule has 0 atom stereocenters. The Hall–Kier alpha value is -1.10. The Labute approximate surface area is 108 Å². The minimum absolute atomic E-state index is 0.00343. The normalized spacial score (nSPS) is 17.2. The molecule has 0 aliphatic heterocycles. The van der Waals surface area contributed by atoms with E-state index in [4.69, 9.17) is 9.84 Å². The molecule has 1 N–H and O–H groups in total. The number of hydrogen-bond donors (Lipinski definition) is 1. The number of ether oxygens (including phenoxy) is 1. The van der Waals surface area contributed by atoms with Gasteiger partial charge in [-0.1, -0.05) is 25.7 Å². The third-order valence-corrected chi connectivity index (χ3v) is 3.41. The maximum absolute atomic E-state index is 12.3. The fourth-order valence-electron chi connectivity index (χ4n) is 2.42. The topological polar surface area (TPSA) is 66.8 Å². The highest BCUT2D eigenvalue weighted by molar-refractivity contribution is 5.83. The fourth-order valence-corrected chi connectivity index (χ4v) is 2.42. The van der Waals surface area contributed by atoms with E-state index in [1.54, 1.807) is 7.11 Å². The van der Waals surface area contributed by atoms with Gasteiger partial charge >= 0.3 is 5.97 Å². The maximum Gasteiger partial charge on any atom is 0.323 e. The zero-order valence-corrected chi connectivity index (χ0v) is 11.1. The van der Waals surface area contributed by atoms with E-state index in [1.165, 1.54) is 17.7 Å². The summed E-state index contributed by atoms with van der Waals surface area (Å²) in [6.45, 7) is 0.516. The molecule has 1 fully saturated rings. The number of hydrogen-bond acceptors (Lipinski definition) is 3. The molecule has 0 radical (unpaired) electrons. The van der Waals surface area contributed by atoms with Crippen molar-refractivity contribution >= 4 is 11.9 Å². The average molecular weight is 257 g/mol. The van der Waals surface area contributed by atoms with Gasteiger partial charge in [0.1, 0.15) is 6.54 Å². The van der Waals surface area contributed by atoms with Crippen molar-refractivity contribution in [3.63, 3.8) is 0 Å². The molecule has 0 bridgehead atoms. The second kappa shape index (κ2) is 8.08. The highest BCUT2D eigenvalue weighted by atomic mass is 16.5. The Morgan fingerprint density at radius 1 is 1.22 bits per heavy atom. The Bertz CT molecular complexity index is 272. The van der Waals surface area contributed by atoms with Gasteiger partial charge in [-0.15, -0.1) is 0 Å². The lowest BCUT2D eigenvalue weighted by atomic mass is 9.98. The summed E-state index contributed by atoms with van der Waals surface area (Å²) in [6.07, 6.45) is 6.29. The van der Waals surface area contributed by atoms with Gasteiger partial charge in [0.15, 0.2) is 0 Å². The first-order valence-electron chi connectivity index (χ1n) is 6.64. The van der Waals surface area contributed by atoms with Crippen LogP contribution in [0, 0.1) is 5.92 Å². The van der Waals surface area contributed by atoms with Crippen LogP contribution in [0.2, 0.25) is 0 Å². The molecule has 1 rings (SSSR count). The lowest BCUT2D eigenvalue weighted by Gasteiger charge is -2.25. The van der Waals surface area contributed by atoms with Crippen molar-refractivity contribution in [2.45, 2.75) is 38.5 Å². The van der Waals surface area contributed by atoms with Crippen molar-refractivity contribution in [1.29, 1.82) is 0 Å². The van der Waals surface area contributed by atoms with Crippen LogP contribution in [-0.4, -0.2) is 48.7 Å². The van der Waals surface area contributed by atoms with Crippen molar-refractivity contribution in [1.82, 2.24) is 4.90 Å². The van der Waals surface area contributed by atoms with Gasteiger partial charge in [0.05, 0.1) is 6.61 Å². The predicted octanol–water partition coefficient (Wildman–Crippen LogP) is 1.52. The van der Waals surface area contributed by atoms with Crippen molar-refractivity contribution in [3.05, 3.63) is 0 Å². The summed E-state index contributed by atoms with van der Waals surface area (Å²) in [6, 6.07) is 0. The summed E-state index contributed by atoms with van der Waals surface area (Å²) in [5, 5.41) is 8.85. The second-order valence-corrected chi connectivity index (χ2v) is 4.83. The number of rotatable bonds is 6. The van der Waals surface area contributed by atoms with Crippen LogP contribution in [0.1, 0.15) is 38.5 Å². The first kappa shape index (κ1) is 15.0. The van der Waals surface area contributed by atoms with Gasteiger partial charge in [-0.05, 0) is 12.8 Å². The molecule has 0 aromatic heterocycles. The Morgan fingerprint density at radius 2 is 1.83 bits per heavy atom. The zero-order chi connectivity index (χ0) is 13.4. The molecule has 104 valence electrons. The van der Waals surface area contributed by atoms with Gasteiger partial charge in [0, 0.05) is 19.6 Å². The summed E-state index contributed by atoms with van der Waals surface area (Å²) in [5.74, 6) is -0.979. The van der Waals surface area contributed by atoms with E-state index in [1.807, 2.05) is 0 Å². The van der Waals surface area contributed by atoms with Gasteiger partial charge in [-0.25, -0.2) is 0 Å². The van der Waals surface area contributed by atoms with Crippen LogP contribution < -0.4 is 0 Å². The molecule has 0 saturated heterocycles. The minimum atomic E-state index is -0.965. The number of carboxylic acids is 1. The molecular formula is C13H23NO4. The molecule has 1 aliphatic carbocycles. The van der Waals surface area contributed by atoms with Crippen LogP contribution in [0.5, 0.6) is 0 Å². The van der Waals surface area contributed by atoms with E-state index < -0.39 is 5.97 Å². The van der Waals surface area contributed by atoms with E-state index in [2.05, 4.69) is 0 Å². The third-order valence-electron chi connectivity index (χ3n) is 3.41. The molecular weight excluding hydrogens is 234 g/mol. The number of carbonyl (C=O) groups is 2. The average Bonchev–Trinajstić information content (AvgIpc) is 2.61. The molecule has 5 nitrogen and oxygen atoms in total. The van der Waals surface area contributed by atoms with Crippen LogP contribution in [-0.2, 0) is 14.3 Å². The number of nitrogens with zero attached hydrogens (tertiary/aromatic N) is 1. The van der Waals surface area contributed by atoms with Crippen molar-refractivity contribution < 1.29 is 19.4 Å². The fraction of sp³-hybridized carbons (Fsp3) is 0.846. The molecule has 0 unspecified atom stereocenters. The monoisotopic (exact) mass is 257 g/mol. The summed E-state index contributed by atoms with van der Waals surface area (Å²) in [5.41, 5.74) is 0. The van der Waals surface area contributed by atoms with Gasteiger partial charge in [0.2, 0.25) is 5.91 Å². The lowest BCUT2D eigenvalue weighted by molar-refractivity contribution is -0.147. The van der Waals surface area contributed by atoms with Crippen molar-refractivity contribution in [2.75, 3.05) is 26.8 Å². The summed E-state index contributed by atoms with van der Waals surface area (Å²) in [7, 11) is 1.55. The van der Waals surface area contributed by atoms with E-state index >= 15 is 0 Å². The largest absolute Gasteiger partial charge is 0.480 e. The Kier molecular flexibility index (Phi) is 6.72. The quantitative estimate of drug-likeness (QED) is 0.732. The smallest absolute Gasteiger partial charge is 0.323 e. The van der Waals surface area contributed by atoms with Crippen LogP contribution >= 0.6 is 0 Å². The number of carboxylic acid groups (broad SMARTS) is 1. The van der Waals surface area contributed by atoms with Crippen LogP contribution in [0.25, 0.3) is 0 Å². The molecule has 18 heavy (non-hydrogen) atoms. The Morgan fingerprint density at radius 3 is 2.33 bits per heavy atom. The van der Waals surface area contributed by atoms with Gasteiger partial charge in [-0.2, -0.15) is 0 Å². The molecule has 1 aliphatic rings. The van der Waals surface area contributed by atoms with Crippen molar-refractivity contribution in [3.8, 4) is 0 Å². The standard InChI is InChI=1S/C13H23NO4/c1-18-9-8-14(10-12(15)16)13(17)11-6-4-2-3-5-7-11/h11H,2-10H2,1H3,(H,15,16). The van der Waals surface area contributed by atoms with Crippen molar-refractivity contribution in [2.24, 2.45) is 5.92 Å². The lowest BCUT2D eigenvalue weighted by Crippen LogP contribution is -2.41. The van der Waals surface area contributed by atoms with E-state index in [-0.39, 0.29) is 18.4 Å². The zero-order valence-electron chi connectivity index (χ0n) is 11.1. The summed E-state index contributed by atoms with van der Waals surface area (Å²) in [4.78, 5) is 24.5. The van der Waals surface area contributed by atoms with Gasteiger partial charge < -0.3 is 14.7 Å². The highest BCUT2D eigenvalue weighted by Crippen LogP contribution is 2.24. The minimum Gasteiger partial charge on any atom is -0.480 e. The first-order valence-corrected chi connectivity index (χ1v) is 6.64. The molecule has 0 aromatic carbocycles. The van der Waals surface area contributed by atoms with E-state index in [9.17, 15) is 9.59 Å². The molecule has 0 heterocycles. The van der Waals surface area contributed by atoms with Crippen LogP contribution in [0.3, 0.4) is 0 Å². The first-order chi connectivity index (χ1) is 8.65. The molecule has 5 heteroatoms. The number of methoxy groups -OCH3 is 1. The third kappa shape index (κ3) is 5.04. The molecule has 0 spiro atoms. The SMILES string of the molecule is COCCN(CC(=O)O)C(=O)C1CCCCCC1. The molecule has 1 amide bonds. The number of amides is 1. The second-order valence-electron chi connectivity index (χ2n) is 4.83. The molecule has 0 aromatic rings. The summed E-state index contributed by atoms with van der Waals surface area (Å²) < 4.78 is 4.93. The predicted molar refractivity (Wildman–Crippen MR) is 67.3 cm³/mol. The number of carbonyl (C=O) groups excluding carboxylic acids is 1.